The Hall–Kier alpha value is -2.95. The number of aryl methyl sites for hydroxylation is 1. The van der Waals surface area contributed by atoms with Gasteiger partial charge in [-0.3, -0.25) is 0 Å². The summed E-state index contributed by atoms with van der Waals surface area (Å²) >= 11 is 0. The van der Waals surface area contributed by atoms with Gasteiger partial charge in [0.25, 0.3) is 0 Å². The highest BCUT2D eigenvalue weighted by Crippen LogP contribution is 2.38. The number of rotatable bonds is 9. The van der Waals surface area contributed by atoms with Crippen molar-refractivity contribution in [1.82, 2.24) is 19.2 Å². The number of likely N-dealkylation sites (N-methyl/N-ethyl adjacent to an activating group) is 1. The highest BCUT2D eigenvalue weighted by atomic mass is 32.2. The molecule has 0 atom stereocenters. The van der Waals surface area contributed by atoms with Gasteiger partial charge in [0.2, 0.25) is 10.0 Å². The second-order valence-corrected chi connectivity index (χ2v) is 10.7. The first kappa shape index (κ1) is 26.1. The number of benzene rings is 2. The number of fused-ring (bicyclic) bond motifs is 1. The predicted octanol–water partition coefficient (Wildman–Crippen LogP) is 3.60. The van der Waals surface area contributed by atoms with E-state index in [1.165, 1.54) is 4.31 Å². The zero-order chi connectivity index (χ0) is 25.9. The van der Waals surface area contributed by atoms with Gasteiger partial charge >= 0.3 is 0 Å². The molecule has 2 aromatic carbocycles. The molecule has 1 fully saturated rings. The number of aromatic nitrogens is 2. The molecule has 0 N–H and O–H groups in total. The molecule has 0 saturated carbocycles. The number of ether oxygens (including phenoxy) is 3. The van der Waals surface area contributed by atoms with Crippen molar-refractivity contribution in [2.75, 3.05) is 54.1 Å². The first-order chi connectivity index (χ1) is 17.3. The molecule has 3 aromatic rings. The summed E-state index contributed by atoms with van der Waals surface area (Å²) in [4.78, 5) is 11.8. The summed E-state index contributed by atoms with van der Waals surface area (Å²) in [6.07, 6.45) is 3.38. The standard InChI is InChI=1S/C26H34N4O5S/c1-6-8-19-23(33-4)16-24(34-5)21-17-27-26(28-25(19)21)20-15-18(9-10-22(20)35-7-2)36(31,32)30-13-11-29(3)12-14-30/h9-10,15-17H,6-8,11-14H2,1-5H3. The van der Waals surface area contributed by atoms with Gasteiger partial charge in [-0.1, -0.05) is 13.3 Å². The van der Waals surface area contributed by atoms with Crippen molar-refractivity contribution in [2.24, 2.45) is 0 Å². The van der Waals surface area contributed by atoms with Crippen LogP contribution in [0.1, 0.15) is 25.8 Å². The molecule has 194 valence electrons. The van der Waals surface area contributed by atoms with E-state index in [9.17, 15) is 8.42 Å². The van der Waals surface area contributed by atoms with E-state index in [2.05, 4.69) is 16.8 Å². The van der Waals surface area contributed by atoms with Crippen molar-refractivity contribution in [3.05, 3.63) is 36.0 Å². The summed E-state index contributed by atoms with van der Waals surface area (Å²) in [7, 11) is 1.55. The Morgan fingerprint density at radius 3 is 2.33 bits per heavy atom. The summed E-state index contributed by atoms with van der Waals surface area (Å²) in [6.45, 7) is 6.70. The highest BCUT2D eigenvalue weighted by Gasteiger charge is 2.29. The van der Waals surface area contributed by atoms with Crippen LogP contribution >= 0.6 is 0 Å². The Kier molecular flexibility index (Phi) is 7.97. The number of methoxy groups -OCH3 is 2. The Balaban J connectivity index is 1.88. The van der Waals surface area contributed by atoms with Crippen LogP contribution in [0, 0.1) is 0 Å². The van der Waals surface area contributed by atoms with Gasteiger partial charge in [0.1, 0.15) is 17.2 Å². The Labute approximate surface area is 213 Å². The molecule has 36 heavy (non-hydrogen) atoms. The number of piperazine rings is 1. The summed E-state index contributed by atoms with van der Waals surface area (Å²) in [6, 6.07) is 6.76. The van der Waals surface area contributed by atoms with E-state index in [0.717, 1.165) is 23.8 Å². The molecule has 0 unspecified atom stereocenters. The maximum atomic E-state index is 13.5. The van der Waals surface area contributed by atoms with E-state index >= 15 is 0 Å². The van der Waals surface area contributed by atoms with Crippen LogP contribution in [0.3, 0.4) is 0 Å². The zero-order valence-corrected chi connectivity index (χ0v) is 22.4. The fourth-order valence-electron chi connectivity index (χ4n) is 4.47. The summed E-state index contributed by atoms with van der Waals surface area (Å²) in [5.74, 6) is 2.22. The lowest BCUT2D eigenvalue weighted by molar-refractivity contribution is 0.222. The highest BCUT2D eigenvalue weighted by molar-refractivity contribution is 7.89. The lowest BCUT2D eigenvalue weighted by Crippen LogP contribution is -2.47. The van der Waals surface area contributed by atoms with Crippen molar-refractivity contribution in [2.45, 2.75) is 31.6 Å². The smallest absolute Gasteiger partial charge is 0.243 e. The van der Waals surface area contributed by atoms with E-state index in [0.29, 0.717) is 66.9 Å². The fourth-order valence-corrected chi connectivity index (χ4v) is 5.92. The molecule has 9 nitrogen and oxygen atoms in total. The van der Waals surface area contributed by atoms with Gasteiger partial charge in [0.15, 0.2) is 5.82 Å². The molecule has 2 heterocycles. The van der Waals surface area contributed by atoms with Crippen LogP contribution in [0.15, 0.2) is 35.4 Å². The van der Waals surface area contributed by atoms with Crippen molar-refractivity contribution < 1.29 is 22.6 Å². The fraction of sp³-hybridized carbons (Fsp3) is 0.462. The average Bonchev–Trinajstić information content (AvgIpc) is 2.89. The van der Waals surface area contributed by atoms with Gasteiger partial charge in [-0.25, -0.2) is 18.4 Å². The predicted molar refractivity (Wildman–Crippen MR) is 139 cm³/mol. The molecule has 10 heteroatoms. The molecule has 0 spiro atoms. The number of sulfonamides is 1. The van der Waals surface area contributed by atoms with Crippen molar-refractivity contribution in [3.63, 3.8) is 0 Å². The van der Waals surface area contributed by atoms with Gasteiger partial charge in [-0.15, -0.1) is 0 Å². The van der Waals surface area contributed by atoms with Crippen molar-refractivity contribution in [3.8, 4) is 28.6 Å². The SMILES string of the molecule is CCCc1c(OC)cc(OC)c2cnc(-c3cc(S(=O)(=O)N4CCN(C)CC4)ccc3OCC)nc12. The van der Waals surface area contributed by atoms with Gasteiger partial charge in [0, 0.05) is 44.0 Å². The lowest BCUT2D eigenvalue weighted by Gasteiger charge is -2.31. The number of nitrogens with zero attached hydrogens (tertiary/aromatic N) is 4. The van der Waals surface area contributed by atoms with Crippen LogP contribution in [-0.2, 0) is 16.4 Å². The van der Waals surface area contributed by atoms with E-state index in [4.69, 9.17) is 19.2 Å². The van der Waals surface area contributed by atoms with E-state index in [-0.39, 0.29) is 4.90 Å². The first-order valence-corrected chi connectivity index (χ1v) is 13.6. The van der Waals surface area contributed by atoms with Crippen molar-refractivity contribution in [1.29, 1.82) is 0 Å². The molecule has 0 radical (unpaired) electrons. The van der Waals surface area contributed by atoms with E-state index in [1.54, 1.807) is 38.6 Å². The molecular weight excluding hydrogens is 480 g/mol. The second-order valence-electron chi connectivity index (χ2n) is 8.76. The summed E-state index contributed by atoms with van der Waals surface area (Å²) < 4.78 is 45.5. The van der Waals surface area contributed by atoms with Gasteiger partial charge in [-0.05, 0) is 38.6 Å². The summed E-state index contributed by atoms with van der Waals surface area (Å²) in [5.41, 5.74) is 2.20. The normalized spacial score (nSPS) is 15.2. The molecule has 1 aromatic heterocycles. The molecule has 1 saturated heterocycles. The Bertz CT molecular complexity index is 1340. The Morgan fingerprint density at radius 1 is 0.972 bits per heavy atom. The molecule has 4 rings (SSSR count). The van der Waals surface area contributed by atoms with Crippen LogP contribution in [0.2, 0.25) is 0 Å². The van der Waals surface area contributed by atoms with Crippen molar-refractivity contribution >= 4 is 20.9 Å². The third-order valence-electron chi connectivity index (χ3n) is 6.43. The molecular formula is C26H34N4O5S. The first-order valence-electron chi connectivity index (χ1n) is 12.2. The maximum absolute atomic E-state index is 13.5. The zero-order valence-electron chi connectivity index (χ0n) is 21.6. The minimum absolute atomic E-state index is 0.200. The summed E-state index contributed by atoms with van der Waals surface area (Å²) in [5, 5.41) is 0.768. The molecule has 1 aliphatic heterocycles. The number of hydrogen-bond acceptors (Lipinski definition) is 8. The third kappa shape index (κ3) is 4.98. The Morgan fingerprint density at radius 2 is 1.69 bits per heavy atom. The average molecular weight is 515 g/mol. The minimum atomic E-state index is -3.67. The van der Waals surface area contributed by atoms with E-state index < -0.39 is 10.0 Å². The maximum Gasteiger partial charge on any atom is 0.243 e. The topological polar surface area (TPSA) is 94.1 Å². The second kappa shape index (κ2) is 11.0. The monoisotopic (exact) mass is 514 g/mol. The molecule has 0 bridgehead atoms. The van der Waals surface area contributed by atoms with Crippen LogP contribution in [0.25, 0.3) is 22.3 Å². The van der Waals surface area contributed by atoms with Gasteiger partial charge < -0.3 is 19.1 Å². The van der Waals surface area contributed by atoms with Crippen LogP contribution < -0.4 is 14.2 Å². The molecule has 1 aliphatic rings. The largest absolute Gasteiger partial charge is 0.496 e. The van der Waals surface area contributed by atoms with Crippen LogP contribution in [0.4, 0.5) is 0 Å². The third-order valence-corrected chi connectivity index (χ3v) is 8.33. The van der Waals surface area contributed by atoms with Crippen LogP contribution in [0.5, 0.6) is 17.2 Å². The van der Waals surface area contributed by atoms with Crippen LogP contribution in [-0.4, -0.2) is 81.6 Å². The van der Waals surface area contributed by atoms with Gasteiger partial charge in [0.05, 0.1) is 42.2 Å². The minimum Gasteiger partial charge on any atom is -0.496 e. The molecule has 0 amide bonds. The van der Waals surface area contributed by atoms with Gasteiger partial charge in [-0.2, -0.15) is 4.31 Å². The quantitative estimate of drug-likeness (QED) is 0.428. The number of hydrogen-bond donors (Lipinski definition) is 0. The lowest BCUT2D eigenvalue weighted by atomic mass is 10.0. The van der Waals surface area contributed by atoms with E-state index in [1.807, 2.05) is 20.0 Å². The molecule has 0 aliphatic carbocycles.